The molecule has 1 rings (SSSR count). The molecule has 0 heterocycles. The highest BCUT2D eigenvalue weighted by atomic mass is 16.4. The van der Waals surface area contributed by atoms with Crippen LogP contribution in [-0.2, 0) is 4.79 Å². The van der Waals surface area contributed by atoms with Crippen LogP contribution in [0.1, 0.15) is 19.8 Å². The second-order valence-electron chi connectivity index (χ2n) is 4.29. The Morgan fingerprint density at radius 2 is 2.15 bits per heavy atom. The molecule has 0 aromatic heterocycles. The lowest BCUT2D eigenvalue weighted by Crippen LogP contribution is -2.56. The third-order valence-corrected chi connectivity index (χ3v) is 2.20. The Morgan fingerprint density at radius 3 is 2.46 bits per heavy atom. The lowest BCUT2D eigenvalue weighted by molar-refractivity contribution is -0.144. The van der Waals surface area contributed by atoms with E-state index in [4.69, 9.17) is 5.11 Å². The highest BCUT2D eigenvalue weighted by molar-refractivity contribution is 5.78. The van der Waals surface area contributed by atoms with Gasteiger partial charge < -0.3 is 10.0 Å². The zero-order valence-electron chi connectivity index (χ0n) is 8.50. The van der Waals surface area contributed by atoms with Crippen LogP contribution in [0.4, 0.5) is 0 Å². The summed E-state index contributed by atoms with van der Waals surface area (Å²) in [5.41, 5.74) is -0.801. The van der Waals surface area contributed by atoms with E-state index in [9.17, 15) is 4.79 Å². The number of carboxylic acids is 1. The minimum absolute atomic E-state index is 0.418. The molecule has 1 unspecified atom stereocenters. The van der Waals surface area contributed by atoms with Gasteiger partial charge in [-0.15, -0.1) is 0 Å². The standard InChI is InChI=1S/C9H18N2O2/c1-9(8(12)13,6-11(2)3)10-7-4-5-7/h7,10H,4-6H2,1-3H3,(H,12,13). The van der Waals surface area contributed by atoms with Crippen molar-refractivity contribution >= 4 is 5.97 Å². The first-order valence-electron chi connectivity index (χ1n) is 4.60. The molecule has 1 aliphatic carbocycles. The van der Waals surface area contributed by atoms with Crippen molar-refractivity contribution in [1.82, 2.24) is 10.2 Å². The van der Waals surface area contributed by atoms with Gasteiger partial charge in [-0.3, -0.25) is 10.1 Å². The van der Waals surface area contributed by atoms with Crippen LogP contribution in [0.5, 0.6) is 0 Å². The second kappa shape index (κ2) is 3.64. The first-order valence-corrected chi connectivity index (χ1v) is 4.60. The number of hydrogen-bond donors (Lipinski definition) is 2. The molecule has 0 aromatic rings. The molecule has 0 radical (unpaired) electrons. The van der Waals surface area contributed by atoms with Gasteiger partial charge in [0.2, 0.25) is 0 Å². The molecule has 4 nitrogen and oxygen atoms in total. The molecule has 1 fully saturated rings. The normalized spacial score (nSPS) is 21.5. The van der Waals surface area contributed by atoms with E-state index >= 15 is 0 Å². The molecule has 0 amide bonds. The molecule has 0 saturated heterocycles. The van der Waals surface area contributed by atoms with Crippen LogP contribution < -0.4 is 5.32 Å². The minimum atomic E-state index is -0.801. The van der Waals surface area contributed by atoms with Gasteiger partial charge in [-0.05, 0) is 33.9 Å². The molecule has 1 atom stereocenters. The number of hydrogen-bond acceptors (Lipinski definition) is 3. The van der Waals surface area contributed by atoms with Gasteiger partial charge in [0.1, 0.15) is 5.54 Å². The summed E-state index contributed by atoms with van der Waals surface area (Å²) < 4.78 is 0. The van der Waals surface area contributed by atoms with Crippen molar-refractivity contribution in [3.05, 3.63) is 0 Å². The third kappa shape index (κ3) is 2.97. The largest absolute Gasteiger partial charge is 0.480 e. The molecule has 4 heteroatoms. The first-order chi connectivity index (χ1) is 5.94. The number of likely N-dealkylation sites (N-methyl/N-ethyl adjacent to an activating group) is 1. The maximum absolute atomic E-state index is 11.0. The van der Waals surface area contributed by atoms with Gasteiger partial charge in [0.15, 0.2) is 0 Å². The molecule has 13 heavy (non-hydrogen) atoms. The summed E-state index contributed by atoms with van der Waals surface area (Å²) in [5, 5.41) is 12.2. The van der Waals surface area contributed by atoms with Crippen molar-refractivity contribution in [2.75, 3.05) is 20.6 Å². The number of carboxylic acid groups (broad SMARTS) is 1. The fourth-order valence-electron chi connectivity index (χ4n) is 1.49. The van der Waals surface area contributed by atoms with Crippen molar-refractivity contribution in [3.8, 4) is 0 Å². The van der Waals surface area contributed by atoms with Gasteiger partial charge in [-0.2, -0.15) is 0 Å². The van der Waals surface area contributed by atoms with E-state index in [0.717, 1.165) is 12.8 Å². The molecule has 1 aliphatic rings. The van der Waals surface area contributed by atoms with E-state index < -0.39 is 11.5 Å². The lowest BCUT2D eigenvalue weighted by atomic mass is 10.0. The van der Waals surface area contributed by atoms with Gasteiger partial charge in [-0.1, -0.05) is 0 Å². The Morgan fingerprint density at radius 1 is 1.62 bits per heavy atom. The Labute approximate surface area is 78.9 Å². The number of carbonyl (C=O) groups is 1. The maximum atomic E-state index is 11.0. The molecule has 0 aromatic carbocycles. The average molecular weight is 186 g/mol. The van der Waals surface area contributed by atoms with Gasteiger partial charge in [0, 0.05) is 12.6 Å². The van der Waals surface area contributed by atoms with Crippen molar-refractivity contribution < 1.29 is 9.90 Å². The minimum Gasteiger partial charge on any atom is -0.480 e. The summed E-state index contributed by atoms with van der Waals surface area (Å²) >= 11 is 0. The average Bonchev–Trinajstić information content (AvgIpc) is 2.69. The third-order valence-electron chi connectivity index (χ3n) is 2.20. The maximum Gasteiger partial charge on any atom is 0.324 e. The number of rotatable bonds is 5. The Bertz CT molecular complexity index is 196. The van der Waals surface area contributed by atoms with Crippen LogP contribution in [0.25, 0.3) is 0 Å². The highest BCUT2D eigenvalue weighted by Crippen LogP contribution is 2.22. The zero-order chi connectivity index (χ0) is 10.1. The fourth-order valence-corrected chi connectivity index (χ4v) is 1.49. The van der Waals surface area contributed by atoms with Crippen LogP contribution in [0.3, 0.4) is 0 Å². The summed E-state index contributed by atoms with van der Waals surface area (Å²) in [7, 11) is 3.77. The van der Waals surface area contributed by atoms with E-state index in [0.29, 0.717) is 12.6 Å². The van der Waals surface area contributed by atoms with E-state index in [1.807, 2.05) is 19.0 Å². The molecule has 76 valence electrons. The SMILES string of the molecule is CN(C)CC(C)(NC1CC1)C(=O)O. The lowest BCUT2D eigenvalue weighted by Gasteiger charge is -2.29. The summed E-state index contributed by atoms with van der Waals surface area (Å²) in [6.07, 6.45) is 2.21. The summed E-state index contributed by atoms with van der Waals surface area (Å²) in [5.74, 6) is -0.770. The van der Waals surface area contributed by atoms with Crippen LogP contribution >= 0.6 is 0 Å². The second-order valence-corrected chi connectivity index (χ2v) is 4.29. The van der Waals surface area contributed by atoms with Crippen molar-refractivity contribution in [2.24, 2.45) is 0 Å². The molecule has 2 N–H and O–H groups in total. The summed E-state index contributed by atoms with van der Waals surface area (Å²) in [6.45, 7) is 2.27. The molecule has 1 saturated carbocycles. The van der Waals surface area contributed by atoms with Crippen LogP contribution in [-0.4, -0.2) is 48.2 Å². The van der Waals surface area contributed by atoms with Gasteiger partial charge in [0.25, 0.3) is 0 Å². The van der Waals surface area contributed by atoms with Crippen LogP contribution in [0.15, 0.2) is 0 Å². The number of nitrogens with one attached hydrogen (secondary N) is 1. The van der Waals surface area contributed by atoms with E-state index in [1.165, 1.54) is 0 Å². The Balaban J connectivity index is 2.55. The highest BCUT2D eigenvalue weighted by Gasteiger charge is 2.38. The first kappa shape index (κ1) is 10.5. The monoisotopic (exact) mass is 186 g/mol. The zero-order valence-corrected chi connectivity index (χ0v) is 8.50. The van der Waals surface area contributed by atoms with Gasteiger partial charge in [0.05, 0.1) is 0 Å². The van der Waals surface area contributed by atoms with Gasteiger partial charge in [-0.25, -0.2) is 0 Å². The number of aliphatic carboxylic acids is 1. The van der Waals surface area contributed by atoms with Crippen LogP contribution in [0, 0.1) is 0 Å². The molecule has 0 aliphatic heterocycles. The van der Waals surface area contributed by atoms with Crippen molar-refractivity contribution in [1.29, 1.82) is 0 Å². The van der Waals surface area contributed by atoms with E-state index in [-0.39, 0.29) is 0 Å². The Hall–Kier alpha value is -0.610. The number of nitrogens with zero attached hydrogens (tertiary/aromatic N) is 1. The predicted molar refractivity (Wildman–Crippen MR) is 50.8 cm³/mol. The molecular formula is C9H18N2O2. The Kier molecular flexibility index (Phi) is 2.93. The van der Waals surface area contributed by atoms with E-state index in [2.05, 4.69) is 5.32 Å². The summed E-state index contributed by atoms with van der Waals surface area (Å²) in [4.78, 5) is 12.9. The smallest absolute Gasteiger partial charge is 0.324 e. The van der Waals surface area contributed by atoms with Gasteiger partial charge >= 0.3 is 5.97 Å². The van der Waals surface area contributed by atoms with E-state index in [1.54, 1.807) is 6.92 Å². The molecule has 0 spiro atoms. The summed E-state index contributed by atoms with van der Waals surface area (Å²) in [6, 6.07) is 0.418. The van der Waals surface area contributed by atoms with Crippen molar-refractivity contribution in [2.45, 2.75) is 31.3 Å². The quantitative estimate of drug-likeness (QED) is 0.641. The fraction of sp³-hybridized carbons (Fsp3) is 0.889. The van der Waals surface area contributed by atoms with Crippen molar-refractivity contribution in [3.63, 3.8) is 0 Å². The predicted octanol–water partition coefficient (Wildman–Crippen LogP) is 0.143. The van der Waals surface area contributed by atoms with Crippen LogP contribution in [0.2, 0.25) is 0 Å². The topological polar surface area (TPSA) is 52.6 Å². The molecule has 0 bridgehead atoms. The molecular weight excluding hydrogens is 168 g/mol.